The van der Waals surface area contributed by atoms with Crippen LogP contribution in [0.4, 0.5) is 5.69 Å². The molecule has 5 heteroatoms. The van der Waals surface area contributed by atoms with E-state index in [1.54, 1.807) is 42.5 Å². The number of sulfonamides is 1. The Morgan fingerprint density at radius 1 is 0.882 bits per heavy atom. The van der Waals surface area contributed by atoms with E-state index in [1.165, 1.54) is 12.1 Å². The molecular weight excluding hydrogens is 238 g/mol. The minimum Gasteiger partial charge on any atom is -0.507 e. The Morgan fingerprint density at radius 2 is 1.47 bits per heavy atom. The lowest BCUT2D eigenvalue weighted by molar-refractivity contribution is 0.459. The normalized spacial score (nSPS) is 11.1. The molecule has 88 valence electrons. The highest BCUT2D eigenvalue weighted by Gasteiger charge is 2.17. The molecule has 0 heterocycles. The Bertz CT molecular complexity index is 609. The van der Waals surface area contributed by atoms with Crippen molar-refractivity contribution < 1.29 is 13.5 Å². The van der Waals surface area contributed by atoms with Gasteiger partial charge in [0.2, 0.25) is 0 Å². The number of nitrogens with one attached hydrogen (secondary N) is 1. The molecule has 2 rings (SSSR count). The van der Waals surface area contributed by atoms with Gasteiger partial charge in [-0.3, -0.25) is 4.72 Å². The fraction of sp³-hybridized carbons (Fsp3) is 0. The summed E-state index contributed by atoms with van der Waals surface area (Å²) in [6, 6.07) is 14.3. The molecule has 0 atom stereocenters. The fourth-order valence-electron chi connectivity index (χ4n) is 1.40. The lowest BCUT2D eigenvalue weighted by atomic mass is 10.3. The summed E-state index contributed by atoms with van der Waals surface area (Å²) in [4.78, 5) is -0.135. The quantitative estimate of drug-likeness (QED) is 0.876. The minimum absolute atomic E-state index is 0.135. The highest BCUT2D eigenvalue weighted by atomic mass is 32.2. The Hall–Kier alpha value is -2.01. The average Bonchev–Trinajstić information content (AvgIpc) is 2.30. The monoisotopic (exact) mass is 249 g/mol. The molecule has 0 aliphatic carbocycles. The van der Waals surface area contributed by atoms with Gasteiger partial charge in [-0.15, -0.1) is 0 Å². The van der Waals surface area contributed by atoms with Gasteiger partial charge in [0.05, 0.1) is 0 Å². The molecular formula is C12H11NO3S. The van der Waals surface area contributed by atoms with Crippen LogP contribution in [-0.2, 0) is 10.0 Å². The molecule has 0 aliphatic rings. The van der Waals surface area contributed by atoms with Crippen LogP contribution in [0.5, 0.6) is 5.75 Å². The standard InChI is InChI=1S/C12H11NO3S/c14-11-8-4-5-9-12(11)17(15,16)13-10-6-2-1-3-7-10/h1-9,13-14H. The summed E-state index contributed by atoms with van der Waals surface area (Å²) >= 11 is 0. The first-order chi connectivity index (χ1) is 8.09. The van der Waals surface area contributed by atoms with Crippen LogP contribution in [0, 0.1) is 0 Å². The van der Waals surface area contributed by atoms with E-state index in [-0.39, 0.29) is 10.6 Å². The number of anilines is 1. The maximum Gasteiger partial charge on any atom is 0.265 e. The maximum absolute atomic E-state index is 12.0. The molecule has 0 aromatic heterocycles. The molecule has 0 radical (unpaired) electrons. The van der Waals surface area contributed by atoms with Gasteiger partial charge in [-0.25, -0.2) is 8.42 Å². The Kier molecular flexibility index (Phi) is 3.01. The Morgan fingerprint density at radius 3 is 2.12 bits per heavy atom. The summed E-state index contributed by atoms with van der Waals surface area (Å²) in [6.07, 6.45) is 0. The number of phenolic OH excluding ortho intramolecular Hbond substituents is 1. The maximum atomic E-state index is 12.0. The summed E-state index contributed by atoms with van der Waals surface area (Å²) in [5, 5.41) is 9.50. The summed E-state index contributed by atoms with van der Waals surface area (Å²) in [5.74, 6) is -0.268. The van der Waals surface area contributed by atoms with Crippen molar-refractivity contribution in [1.29, 1.82) is 0 Å². The van der Waals surface area contributed by atoms with Crippen LogP contribution in [0.2, 0.25) is 0 Å². The van der Waals surface area contributed by atoms with Gasteiger partial charge in [-0.2, -0.15) is 0 Å². The van der Waals surface area contributed by atoms with Crippen molar-refractivity contribution >= 4 is 15.7 Å². The zero-order chi connectivity index (χ0) is 12.3. The first-order valence-corrected chi connectivity index (χ1v) is 6.44. The summed E-state index contributed by atoms with van der Waals surface area (Å²) in [5.41, 5.74) is 0.454. The number of hydrogen-bond donors (Lipinski definition) is 2. The summed E-state index contributed by atoms with van der Waals surface area (Å²) in [7, 11) is -3.74. The van der Waals surface area contributed by atoms with E-state index < -0.39 is 10.0 Å². The largest absolute Gasteiger partial charge is 0.507 e. The number of para-hydroxylation sites is 2. The van der Waals surface area contributed by atoms with E-state index in [4.69, 9.17) is 0 Å². The number of aromatic hydroxyl groups is 1. The SMILES string of the molecule is O=S(=O)(Nc1ccccc1)c1ccccc1O. The van der Waals surface area contributed by atoms with Crippen molar-refractivity contribution in [2.45, 2.75) is 4.90 Å². The third-order valence-electron chi connectivity index (χ3n) is 2.18. The molecule has 2 aromatic rings. The number of benzene rings is 2. The van der Waals surface area contributed by atoms with Crippen molar-refractivity contribution in [2.24, 2.45) is 0 Å². The number of hydrogen-bond acceptors (Lipinski definition) is 3. The zero-order valence-corrected chi connectivity index (χ0v) is 9.68. The average molecular weight is 249 g/mol. The molecule has 4 nitrogen and oxygen atoms in total. The van der Waals surface area contributed by atoms with E-state index >= 15 is 0 Å². The van der Waals surface area contributed by atoms with Crippen LogP contribution in [0.3, 0.4) is 0 Å². The van der Waals surface area contributed by atoms with Gasteiger partial charge in [0.1, 0.15) is 10.6 Å². The summed E-state index contributed by atoms with van der Waals surface area (Å²) in [6.45, 7) is 0. The molecule has 2 aromatic carbocycles. The molecule has 0 aliphatic heterocycles. The smallest absolute Gasteiger partial charge is 0.265 e. The fourth-order valence-corrected chi connectivity index (χ4v) is 2.56. The van der Waals surface area contributed by atoms with E-state index in [2.05, 4.69) is 4.72 Å². The number of rotatable bonds is 3. The lowest BCUT2D eigenvalue weighted by Crippen LogP contribution is -2.12. The molecule has 0 fully saturated rings. The van der Waals surface area contributed by atoms with Crippen LogP contribution in [0.25, 0.3) is 0 Å². The van der Waals surface area contributed by atoms with Gasteiger partial charge in [-0.05, 0) is 24.3 Å². The summed E-state index contributed by atoms with van der Waals surface area (Å²) < 4.78 is 26.3. The molecule has 0 saturated heterocycles. The first-order valence-electron chi connectivity index (χ1n) is 4.95. The van der Waals surface area contributed by atoms with Crippen molar-refractivity contribution in [3.05, 3.63) is 54.6 Å². The predicted octanol–water partition coefficient (Wildman–Crippen LogP) is 2.19. The van der Waals surface area contributed by atoms with Crippen molar-refractivity contribution in [3.63, 3.8) is 0 Å². The number of phenols is 1. The van der Waals surface area contributed by atoms with Gasteiger partial charge < -0.3 is 5.11 Å². The Balaban J connectivity index is 2.36. The third kappa shape index (κ3) is 2.57. The topological polar surface area (TPSA) is 66.4 Å². The van der Waals surface area contributed by atoms with Crippen LogP contribution < -0.4 is 4.72 Å². The highest BCUT2D eigenvalue weighted by Crippen LogP contribution is 2.23. The van der Waals surface area contributed by atoms with E-state index in [1.807, 2.05) is 0 Å². The van der Waals surface area contributed by atoms with Crippen molar-refractivity contribution in [2.75, 3.05) is 4.72 Å². The molecule has 0 amide bonds. The van der Waals surface area contributed by atoms with Gasteiger partial charge in [0, 0.05) is 5.69 Å². The van der Waals surface area contributed by atoms with Gasteiger partial charge in [0.15, 0.2) is 0 Å². The molecule has 0 spiro atoms. The van der Waals surface area contributed by atoms with E-state index in [9.17, 15) is 13.5 Å². The second-order valence-corrected chi connectivity index (χ2v) is 5.09. The van der Waals surface area contributed by atoms with Crippen LogP contribution in [0.15, 0.2) is 59.5 Å². The zero-order valence-electron chi connectivity index (χ0n) is 8.87. The second-order valence-electron chi connectivity index (χ2n) is 3.44. The van der Waals surface area contributed by atoms with Gasteiger partial charge in [-0.1, -0.05) is 30.3 Å². The van der Waals surface area contributed by atoms with E-state index in [0.717, 1.165) is 0 Å². The molecule has 0 unspecified atom stereocenters. The minimum atomic E-state index is -3.74. The molecule has 0 bridgehead atoms. The highest BCUT2D eigenvalue weighted by molar-refractivity contribution is 7.92. The van der Waals surface area contributed by atoms with E-state index in [0.29, 0.717) is 5.69 Å². The lowest BCUT2D eigenvalue weighted by Gasteiger charge is -2.08. The van der Waals surface area contributed by atoms with Crippen molar-refractivity contribution in [3.8, 4) is 5.75 Å². The second kappa shape index (κ2) is 4.47. The molecule has 17 heavy (non-hydrogen) atoms. The predicted molar refractivity (Wildman–Crippen MR) is 65.4 cm³/mol. The van der Waals surface area contributed by atoms with Crippen molar-refractivity contribution in [1.82, 2.24) is 0 Å². The van der Waals surface area contributed by atoms with Crippen LogP contribution >= 0.6 is 0 Å². The Labute approximate surface area is 99.6 Å². The van der Waals surface area contributed by atoms with Crippen LogP contribution in [-0.4, -0.2) is 13.5 Å². The van der Waals surface area contributed by atoms with Gasteiger partial charge >= 0.3 is 0 Å². The molecule has 2 N–H and O–H groups in total. The first kappa shape index (κ1) is 11.5. The molecule has 0 saturated carbocycles. The third-order valence-corrected chi connectivity index (χ3v) is 3.61. The van der Waals surface area contributed by atoms with Crippen LogP contribution in [0.1, 0.15) is 0 Å². The van der Waals surface area contributed by atoms with Gasteiger partial charge in [0.25, 0.3) is 10.0 Å².